The molecule has 0 aromatic heterocycles. The number of allylic oxidation sites excluding steroid dienone is 1. The molecule has 168 valence electrons. The summed E-state index contributed by atoms with van der Waals surface area (Å²) in [4.78, 5) is 12.7. The van der Waals surface area contributed by atoms with Gasteiger partial charge in [0.25, 0.3) is 0 Å². The predicted octanol–water partition coefficient (Wildman–Crippen LogP) is 4.72. The van der Waals surface area contributed by atoms with E-state index in [1.807, 2.05) is 0 Å². The molecule has 0 fully saturated rings. The maximum Gasteiger partial charge on any atom is 0.246 e. The van der Waals surface area contributed by atoms with Crippen molar-refractivity contribution in [2.75, 3.05) is 39.1 Å². The summed E-state index contributed by atoms with van der Waals surface area (Å²) in [6.45, 7) is 0.122. The largest absolute Gasteiger partial charge is 0.496 e. The summed E-state index contributed by atoms with van der Waals surface area (Å²) < 4.78 is 38.2. The highest BCUT2D eigenvalue weighted by Gasteiger charge is 2.29. The van der Waals surface area contributed by atoms with E-state index in [9.17, 15) is 13.2 Å². The summed E-state index contributed by atoms with van der Waals surface area (Å²) in [5, 5.41) is 0.577. The van der Waals surface area contributed by atoms with Crippen molar-refractivity contribution in [1.29, 1.82) is 0 Å². The fourth-order valence-electron chi connectivity index (χ4n) is 2.78. The summed E-state index contributed by atoms with van der Waals surface area (Å²) in [5.74, 6) is -0.0341. The van der Waals surface area contributed by atoms with E-state index in [0.29, 0.717) is 5.02 Å². The van der Waals surface area contributed by atoms with E-state index < -0.39 is 15.8 Å². The first-order valence-electron chi connectivity index (χ1n) is 9.14. The predicted molar refractivity (Wildman–Crippen MR) is 125 cm³/mol. The molecule has 0 saturated heterocycles. The van der Waals surface area contributed by atoms with Crippen molar-refractivity contribution < 1.29 is 22.7 Å². The second-order valence-electron chi connectivity index (χ2n) is 6.23. The number of alkyl halides is 2. The first kappa shape index (κ1) is 25.5. The number of hydrogen-bond acceptors (Lipinski definition) is 5. The van der Waals surface area contributed by atoms with E-state index in [4.69, 9.17) is 44.3 Å². The first-order valence-corrected chi connectivity index (χ1v) is 12.0. The Morgan fingerprint density at radius 3 is 2.10 bits per heavy atom. The standard InChI is InChI=1S/C21H22Cl3NO5S/c1-29-19-14-20(30-2)21(31(27,28)25(11-9-22)12-10-23)13-17(19)18(26)8-5-15-3-6-16(24)7-4-15/h3-8,13-14H,9-12H2,1-2H3/b8-5+. The number of hydrogen-bond donors (Lipinski definition) is 0. The van der Waals surface area contributed by atoms with Crippen molar-refractivity contribution >= 4 is 56.7 Å². The third-order valence-electron chi connectivity index (χ3n) is 4.33. The molecule has 0 heterocycles. The fourth-order valence-corrected chi connectivity index (χ4v) is 5.12. The van der Waals surface area contributed by atoms with Gasteiger partial charge in [-0.1, -0.05) is 29.8 Å². The minimum Gasteiger partial charge on any atom is -0.496 e. The number of nitrogens with zero attached hydrogens (tertiary/aromatic N) is 1. The van der Waals surface area contributed by atoms with E-state index in [2.05, 4.69) is 0 Å². The minimum absolute atomic E-state index is 0.0456. The molecule has 2 rings (SSSR count). The zero-order valence-corrected chi connectivity index (χ0v) is 20.1. The van der Waals surface area contributed by atoms with Gasteiger partial charge >= 0.3 is 0 Å². The van der Waals surface area contributed by atoms with Gasteiger partial charge in [0.1, 0.15) is 16.4 Å². The van der Waals surface area contributed by atoms with Crippen molar-refractivity contribution in [2.45, 2.75) is 4.90 Å². The van der Waals surface area contributed by atoms with Crippen LogP contribution in [0.4, 0.5) is 0 Å². The Morgan fingerprint density at radius 2 is 1.58 bits per heavy atom. The van der Waals surface area contributed by atoms with E-state index in [1.165, 1.54) is 32.4 Å². The molecule has 0 aliphatic rings. The van der Waals surface area contributed by atoms with Crippen LogP contribution in [0.15, 0.2) is 47.4 Å². The van der Waals surface area contributed by atoms with Gasteiger partial charge in [0, 0.05) is 35.9 Å². The maximum absolute atomic E-state index is 13.2. The minimum atomic E-state index is -4.03. The molecule has 0 unspecified atom stereocenters. The highest BCUT2D eigenvalue weighted by atomic mass is 35.5. The Balaban J connectivity index is 2.53. The monoisotopic (exact) mass is 505 g/mol. The molecule has 31 heavy (non-hydrogen) atoms. The molecule has 6 nitrogen and oxygen atoms in total. The van der Waals surface area contributed by atoms with Crippen molar-refractivity contribution in [1.82, 2.24) is 4.31 Å². The Kier molecular flexibility index (Phi) is 9.65. The van der Waals surface area contributed by atoms with Gasteiger partial charge in [-0.2, -0.15) is 4.31 Å². The number of carbonyl (C=O) groups excluding carboxylic acids is 1. The third-order valence-corrected chi connectivity index (χ3v) is 6.84. The van der Waals surface area contributed by atoms with Crippen molar-refractivity contribution in [3.63, 3.8) is 0 Å². The SMILES string of the molecule is COc1cc(OC)c(S(=O)(=O)N(CCCl)CCCl)cc1C(=O)/C=C/c1ccc(Cl)cc1. The third kappa shape index (κ3) is 6.37. The van der Waals surface area contributed by atoms with Gasteiger partial charge in [0.15, 0.2) is 5.78 Å². The fraction of sp³-hybridized carbons (Fsp3) is 0.286. The van der Waals surface area contributed by atoms with Crippen LogP contribution in [0.3, 0.4) is 0 Å². The van der Waals surface area contributed by atoms with Crippen LogP contribution in [0.25, 0.3) is 6.08 Å². The molecule has 0 N–H and O–H groups in total. The molecule has 10 heteroatoms. The average molecular weight is 507 g/mol. The van der Waals surface area contributed by atoms with Crippen LogP contribution >= 0.6 is 34.8 Å². The van der Waals surface area contributed by atoms with Crippen LogP contribution in [0.2, 0.25) is 5.02 Å². The Labute approximate surface area is 197 Å². The van der Waals surface area contributed by atoms with Gasteiger partial charge in [0.05, 0.1) is 19.8 Å². The number of sulfonamides is 1. The molecule has 0 aliphatic carbocycles. The molecule has 0 spiro atoms. The number of halogens is 3. The van der Waals surface area contributed by atoms with Crippen LogP contribution in [0.1, 0.15) is 15.9 Å². The van der Waals surface area contributed by atoms with Crippen LogP contribution in [-0.2, 0) is 10.0 Å². The second-order valence-corrected chi connectivity index (χ2v) is 9.33. The van der Waals surface area contributed by atoms with Gasteiger partial charge in [0.2, 0.25) is 10.0 Å². The van der Waals surface area contributed by atoms with E-state index >= 15 is 0 Å². The van der Waals surface area contributed by atoms with E-state index in [1.54, 1.807) is 30.3 Å². The van der Waals surface area contributed by atoms with Crippen molar-refractivity contribution in [2.24, 2.45) is 0 Å². The molecule has 2 aromatic rings. The number of methoxy groups -OCH3 is 2. The first-order chi connectivity index (χ1) is 14.8. The quantitative estimate of drug-likeness (QED) is 0.250. The zero-order chi connectivity index (χ0) is 23.0. The van der Waals surface area contributed by atoms with Gasteiger partial charge < -0.3 is 9.47 Å². The highest BCUT2D eigenvalue weighted by molar-refractivity contribution is 7.89. The maximum atomic E-state index is 13.2. The summed E-state index contributed by atoms with van der Waals surface area (Å²) >= 11 is 17.4. The highest BCUT2D eigenvalue weighted by Crippen LogP contribution is 2.34. The number of carbonyl (C=O) groups is 1. The average Bonchev–Trinajstić information content (AvgIpc) is 2.77. The summed E-state index contributed by atoms with van der Waals surface area (Å²) in [6, 6.07) is 9.53. The van der Waals surface area contributed by atoms with Gasteiger partial charge in [-0.05, 0) is 29.8 Å². The Bertz CT molecular complexity index is 1030. The van der Waals surface area contributed by atoms with Crippen LogP contribution < -0.4 is 9.47 Å². The Morgan fingerprint density at radius 1 is 1.00 bits per heavy atom. The number of ketones is 1. The van der Waals surface area contributed by atoms with E-state index in [-0.39, 0.29) is 46.8 Å². The number of rotatable bonds is 11. The summed E-state index contributed by atoms with van der Waals surface area (Å²) in [7, 11) is -1.31. The molecule has 0 amide bonds. The number of benzene rings is 2. The summed E-state index contributed by atoms with van der Waals surface area (Å²) in [5.41, 5.74) is 0.831. The van der Waals surface area contributed by atoms with Gasteiger partial charge in [-0.15, -0.1) is 23.2 Å². The smallest absolute Gasteiger partial charge is 0.246 e. The molecule has 0 radical (unpaired) electrons. The summed E-state index contributed by atoms with van der Waals surface area (Å²) in [6.07, 6.45) is 2.93. The van der Waals surface area contributed by atoms with Gasteiger partial charge in [-0.25, -0.2) is 8.42 Å². The molecule has 0 atom stereocenters. The molecular weight excluding hydrogens is 485 g/mol. The molecule has 0 bridgehead atoms. The molecule has 2 aromatic carbocycles. The van der Waals surface area contributed by atoms with Crippen molar-refractivity contribution in [3.8, 4) is 11.5 Å². The molecular formula is C21H22Cl3NO5S. The molecule has 0 aliphatic heterocycles. The zero-order valence-electron chi connectivity index (χ0n) is 17.0. The van der Waals surface area contributed by atoms with E-state index in [0.717, 1.165) is 9.87 Å². The van der Waals surface area contributed by atoms with Crippen LogP contribution in [-0.4, -0.2) is 57.6 Å². The van der Waals surface area contributed by atoms with Crippen LogP contribution in [0.5, 0.6) is 11.5 Å². The van der Waals surface area contributed by atoms with Crippen molar-refractivity contribution in [3.05, 3.63) is 58.6 Å². The lowest BCUT2D eigenvalue weighted by Crippen LogP contribution is -2.34. The lowest BCUT2D eigenvalue weighted by Gasteiger charge is -2.22. The molecule has 0 saturated carbocycles. The number of ether oxygens (including phenoxy) is 2. The lowest BCUT2D eigenvalue weighted by atomic mass is 10.1. The Hall–Kier alpha value is -1.77. The second kappa shape index (κ2) is 11.7. The topological polar surface area (TPSA) is 72.9 Å². The normalized spacial score (nSPS) is 11.8. The van der Waals surface area contributed by atoms with Crippen LogP contribution in [0, 0.1) is 0 Å². The lowest BCUT2D eigenvalue weighted by molar-refractivity contribution is 0.104. The van der Waals surface area contributed by atoms with Gasteiger partial charge in [-0.3, -0.25) is 4.79 Å².